The molecule has 0 spiro atoms. The summed E-state index contributed by atoms with van der Waals surface area (Å²) in [7, 11) is 0. The molecule has 2 saturated heterocycles. The molecule has 2 aromatic carbocycles. The summed E-state index contributed by atoms with van der Waals surface area (Å²) in [4.78, 5) is 51.7. The third-order valence-electron chi connectivity index (χ3n) is 7.10. The van der Waals surface area contributed by atoms with Crippen LogP contribution in [0.15, 0.2) is 48.6 Å². The molecule has 0 aromatic heterocycles. The number of imide groups is 2. The fourth-order valence-electron chi connectivity index (χ4n) is 4.60. The first kappa shape index (κ1) is 36.4. The van der Waals surface area contributed by atoms with E-state index in [-0.39, 0.29) is 23.8 Å². The zero-order chi connectivity index (χ0) is 35.7. The van der Waals surface area contributed by atoms with Crippen molar-refractivity contribution in [3.05, 3.63) is 70.8 Å². The van der Waals surface area contributed by atoms with Crippen LogP contribution >= 0.6 is 11.6 Å². The fraction of sp³-hybridized carbons (Fsp3) is 0.333. The van der Waals surface area contributed by atoms with Crippen molar-refractivity contribution >= 4 is 46.9 Å². The molecule has 6 amide bonds. The molecule has 2 fully saturated rings. The predicted octanol–water partition coefficient (Wildman–Crippen LogP) is 6.33. The number of allylic oxidation sites excluding steroid dienone is 1. The molecule has 248 valence electrons. The molecule has 0 bridgehead atoms. The summed E-state index contributed by atoms with van der Waals surface area (Å²) in [5.74, 6) is -1.09. The molecular formula is C30H25ClF6N6O4. The Bertz CT molecular complexity index is 1740. The lowest BCUT2D eigenvalue weighted by Crippen LogP contribution is -2.44. The Morgan fingerprint density at radius 2 is 1.26 bits per heavy atom. The van der Waals surface area contributed by atoms with E-state index in [1.807, 2.05) is 0 Å². The van der Waals surface area contributed by atoms with Gasteiger partial charge in [-0.15, -0.1) is 11.6 Å². The first-order valence-corrected chi connectivity index (χ1v) is 13.9. The number of hydrogen-bond donors (Lipinski definition) is 1. The van der Waals surface area contributed by atoms with Crippen LogP contribution in [0, 0.1) is 22.7 Å². The number of hydrogen-bond acceptors (Lipinski definition) is 6. The van der Waals surface area contributed by atoms with Crippen molar-refractivity contribution in [1.29, 1.82) is 10.5 Å². The maximum absolute atomic E-state index is 13.2. The lowest BCUT2D eigenvalue weighted by atomic mass is 10.0. The Morgan fingerprint density at radius 3 is 1.64 bits per heavy atom. The Kier molecular flexibility index (Phi) is 10.0. The first-order valence-electron chi connectivity index (χ1n) is 13.4. The number of urea groups is 2. The second kappa shape index (κ2) is 13.0. The molecule has 0 saturated carbocycles. The summed E-state index contributed by atoms with van der Waals surface area (Å²) in [6.45, 7) is 6.00. The number of rotatable bonds is 5. The van der Waals surface area contributed by atoms with Crippen molar-refractivity contribution in [2.75, 3.05) is 22.2 Å². The molecule has 0 atom stereocenters. The minimum Gasteiger partial charge on any atom is -0.323 e. The molecule has 0 radical (unpaired) electrons. The normalized spacial score (nSPS) is 17.4. The summed E-state index contributed by atoms with van der Waals surface area (Å²) < 4.78 is 78.2. The van der Waals surface area contributed by atoms with Crippen LogP contribution in [0.25, 0.3) is 0 Å². The number of anilines is 2. The summed E-state index contributed by atoms with van der Waals surface area (Å²) in [5, 5.41) is 19.9. The third kappa shape index (κ3) is 7.18. The van der Waals surface area contributed by atoms with Gasteiger partial charge in [0.1, 0.15) is 11.1 Å². The van der Waals surface area contributed by atoms with Gasteiger partial charge in [0.05, 0.1) is 45.8 Å². The molecule has 47 heavy (non-hydrogen) atoms. The van der Waals surface area contributed by atoms with E-state index in [2.05, 4.69) is 5.32 Å². The SMILES string of the molecule is CC1(C)C(=O)N(c2ccc(C#N)c(C(F)(F)F)c2)C(=O)N1C/C=C\CCl.CC1(C)NC(=O)N(c2ccc(C#N)c(C(F)(F)F)c2)C1=O. The van der Waals surface area contributed by atoms with Gasteiger partial charge >= 0.3 is 24.4 Å². The van der Waals surface area contributed by atoms with E-state index in [0.29, 0.717) is 21.9 Å². The fourth-order valence-corrected chi connectivity index (χ4v) is 4.73. The van der Waals surface area contributed by atoms with Crippen LogP contribution < -0.4 is 15.1 Å². The van der Waals surface area contributed by atoms with Crippen molar-refractivity contribution in [3.8, 4) is 12.1 Å². The maximum atomic E-state index is 13.2. The van der Waals surface area contributed by atoms with Gasteiger partial charge in [-0.3, -0.25) is 9.59 Å². The van der Waals surface area contributed by atoms with E-state index in [4.69, 9.17) is 22.1 Å². The van der Waals surface area contributed by atoms with E-state index >= 15 is 0 Å². The summed E-state index contributed by atoms with van der Waals surface area (Å²) in [6.07, 6.45) is -6.34. The maximum Gasteiger partial charge on any atom is 0.417 e. The highest BCUT2D eigenvalue weighted by atomic mass is 35.5. The van der Waals surface area contributed by atoms with Gasteiger partial charge in [0.2, 0.25) is 0 Å². The van der Waals surface area contributed by atoms with Gasteiger partial charge in [0.15, 0.2) is 0 Å². The van der Waals surface area contributed by atoms with Gasteiger partial charge in [-0.2, -0.15) is 36.9 Å². The number of carbonyl (C=O) groups excluding carboxylic acids is 4. The largest absolute Gasteiger partial charge is 0.417 e. The van der Waals surface area contributed by atoms with Crippen molar-refractivity contribution < 1.29 is 45.5 Å². The molecule has 17 heteroatoms. The van der Waals surface area contributed by atoms with E-state index in [0.717, 1.165) is 24.3 Å². The van der Waals surface area contributed by atoms with Crippen LogP contribution in [-0.2, 0) is 21.9 Å². The number of nitrogens with one attached hydrogen (secondary N) is 1. The van der Waals surface area contributed by atoms with E-state index in [1.54, 1.807) is 12.2 Å². The average molecular weight is 683 g/mol. The van der Waals surface area contributed by atoms with Gasteiger partial charge in [0.25, 0.3) is 11.8 Å². The van der Waals surface area contributed by atoms with Crippen LogP contribution in [-0.4, -0.2) is 52.3 Å². The zero-order valence-corrected chi connectivity index (χ0v) is 25.8. The van der Waals surface area contributed by atoms with Gasteiger partial charge in [-0.1, -0.05) is 12.2 Å². The zero-order valence-electron chi connectivity index (χ0n) is 25.0. The average Bonchev–Trinajstić information content (AvgIpc) is 3.29. The number of alkyl halides is 7. The van der Waals surface area contributed by atoms with Crippen molar-refractivity contribution in [1.82, 2.24) is 10.2 Å². The summed E-state index contributed by atoms with van der Waals surface area (Å²) in [5.41, 5.74) is -6.43. The summed E-state index contributed by atoms with van der Waals surface area (Å²) in [6, 6.07) is 6.78. The van der Waals surface area contributed by atoms with Crippen LogP contribution in [0.5, 0.6) is 0 Å². The van der Waals surface area contributed by atoms with Gasteiger partial charge in [0, 0.05) is 12.4 Å². The molecule has 2 aromatic rings. The van der Waals surface area contributed by atoms with Crippen molar-refractivity contribution in [2.24, 2.45) is 0 Å². The first-order chi connectivity index (χ1) is 21.6. The molecule has 2 aliphatic rings. The minimum absolute atomic E-state index is 0.0865. The smallest absolute Gasteiger partial charge is 0.323 e. The van der Waals surface area contributed by atoms with Crippen molar-refractivity contribution in [3.63, 3.8) is 0 Å². The van der Waals surface area contributed by atoms with Crippen LogP contribution in [0.4, 0.5) is 47.3 Å². The monoisotopic (exact) mass is 682 g/mol. The molecule has 10 nitrogen and oxygen atoms in total. The number of nitrogens with zero attached hydrogens (tertiary/aromatic N) is 5. The van der Waals surface area contributed by atoms with E-state index < -0.39 is 69.6 Å². The molecule has 0 aliphatic carbocycles. The lowest BCUT2D eigenvalue weighted by Gasteiger charge is -2.26. The minimum atomic E-state index is -4.79. The number of nitriles is 2. The van der Waals surface area contributed by atoms with Gasteiger partial charge < -0.3 is 10.2 Å². The highest BCUT2D eigenvalue weighted by molar-refractivity contribution is 6.24. The third-order valence-corrected chi connectivity index (χ3v) is 7.28. The van der Waals surface area contributed by atoms with E-state index in [9.17, 15) is 45.5 Å². The number of halogens is 7. The highest BCUT2D eigenvalue weighted by Gasteiger charge is 2.52. The molecule has 4 rings (SSSR count). The van der Waals surface area contributed by atoms with Crippen LogP contribution in [0.2, 0.25) is 0 Å². The Balaban J connectivity index is 0.000000261. The quantitative estimate of drug-likeness (QED) is 0.169. The highest BCUT2D eigenvalue weighted by Crippen LogP contribution is 2.38. The van der Waals surface area contributed by atoms with Crippen LogP contribution in [0.3, 0.4) is 0 Å². The number of carbonyl (C=O) groups is 4. The van der Waals surface area contributed by atoms with E-state index in [1.165, 1.54) is 44.7 Å². The number of benzene rings is 2. The second-order valence-electron chi connectivity index (χ2n) is 11.1. The second-order valence-corrected chi connectivity index (χ2v) is 11.4. The lowest BCUT2D eigenvalue weighted by molar-refractivity contribution is -0.138. The van der Waals surface area contributed by atoms with Crippen molar-refractivity contribution in [2.45, 2.75) is 51.1 Å². The van der Waals surface area contributed by atoms with Crippen LogP contribution in [0.1, 0.15) is 49.9 Å². The molecule has 1 N–H and O–H groups in total. The predicted molar refractivity (Wildman–Crippen MR) is 156 cm³/mol. The van der Waals surface area contributed by atoms with Gasteiger partial charge in [-0.05, 0) is 64.1 Å². The molecule has 2 aliphatic heterocycles. The Morgan fingerprint density at radius 1 is 0.787 bits per heavy atom. The molecule has 0 unspecified atom stereocenters. The Hall–Kier alpha value is -5.09. The molecule has 2 heterocycles. The topological polar surface area (TPSA) is 138 Å². The molecular weight excluding hydrogens is 658 g/mol. The number of amides is 6. The Labute approximate surface area is 269 Å². The summed E-state index contributed by atoms with van der Waals surface area (Å²) >= 11 is 5.54. The van der Waals surface area contributed by atoms with Gasteiger partial charge in [-0.25, -0.2) is 19.4 Å². The standard InChI is InChI=1S/C17H15ClF3N3O2.C13H10F3N3O2/c1-16(2)14(25)24(15(26)23(16)8-4-3-7-18)12-6-5-11(10-22)13(9-12)17(19,20)21;1-12(2)10(20)19(11(21)18-12)8-4-3-7(6-17)9(5-8)13(14,15)16/h3-6,9H,7-8H2,1-2H3;3-5H,1-2H3,(H,18,21)/b4-3-;.